The number of para-hydroxylation sites is 2. The number of fused-ring (bicyclic) bond motifs is 2. The second-order valence-electron chi connectivity index (χ2n) is 6.07. The van der Waals surface area contributed by atoms with Crippen molar-refractivity contribution >= 4 is 11.6 Å². The van der Waals surface area contributed by atoms with Crippen LogP contribution in [-0.4, -0.2) is 51.7 Å². The SMILES string of the molecule is Cc1cc(C(=O)N(C)C[C@H]2COc3ccccc3O2)n2nccc2n1. The molecular weight excluding hydrogens is 320 g/mol. The molecule has 0 N–H and O–H groups in total. The van der Waals surface area contributed by atoms with Crippen LogP contribution < -0.4 is 9.47 Å². The zero-order valence-corrected chi connectivity index (χ0v) is 14.0. The quantitative estimate of drug-likeness (QED) is 0.730. The van der Waals surface area contributed by atoms with Crippen molar-refractivity contribution in [1.82, 2.24) is 19.5 Å². The van der Waals surface area contributed by atoms with Gasteiger partial charge in [0.15, 0.2) is 23.3 Å². The number of rotatable bonds is 3. The van der Waals surface area contributed by atoms with Gasteiger partial charge < -0.3 is 14.4 Å². The van der Waals surface area contributed by atoms with Gasteiger partial charge in [-0.1, -0.05) is 12.1 Å². The summed E-state index contributed by atoms with van der Waals surface area (Å²) in [6.07, 6.45) is 1.41. The fourth-order valence-electron chi connectivity index (χ4n) is 2.93. The van der Waals surface area contributed by atoms with Crippen molar-refractivity contribution in [1.29, 1.82) is 0 Å². The summed E-state index contributed by atoms with van der Waals surface area (Å²) in [6, 6.07) is 11.1. The average Bonchev–Trinajstić information content (AvgIpc) is 3.08. The van der Waals surface area contributed by atoms with Crippen LogP contribution in [0.1, 0.15) is 16.2 Å². The van der Waals surface area contributed by atoms with Crippen LogP contribution in [0.2, 0.25) is 0 Å². The Labute approximate surface area is 144 Å². The maximum absolute atomic E-state index is 12.9. The molecule has 0 saturated carbocycles. The lowest BCUT2D eigenvalue weighted by Gasteiger charge is -2.29. The van der Waals surface area contributed by atoms with Crippen molar-refractivity contribution in [2.45, 2.75) is 13.0 Å². The molecule has 1 aromatic carbocycles. The predicted octanol–water partition coefficient (Wildman–Crippen LogP) is 1.95. The third-order valence-electron chi connectivity index (χ3n) is 4.10. The molecule has 25 heavy (non-hydrogen) atoms. The van der Waals surface area contributed by atoms with E-state index in [9.17, 15) is 4.79 Å². The van der Waals surface area contributed by atoms with Crippen LogP contribution in [0.5, 0.6) is 11.5 Å². The molecule has 1 aliphatic rings. The zero-order chi connectivity index (χ0) is 17.4. The molecule has 0 fully saturated rings. The summed E-state index contributed by atoms with van der Waals surface area (Å²) < 4.78 is 13.2. The summed E-state index contributed by atoms with van der Waals surface area (Å²) in [7, 11) is 1.75. The topological polar surface area (TPSA) is 69.0 Å². The van der Waals surface area contributed by atoms with Gasteiger partial charge in [0.1, 0.15) is 12.3 Å². The van der Waals surface area contributed by atoms with E-state index in [1.807, 2.05) is 31.2 Å². The Morgan fingerprint density at radius 2 is 2.12 bits per heavy atom. The molecule has 0 aliphatic carbocycles. The van der Waals surface area contributed by atoms with E-state index in [-0.39, 0.29) is 12.0 Å². The highest BCUT2D eigenvalue weighted by molar-refractivity contribution is 5.93. The number of carbonyl (C=O) groups excluding carboxylic acids is 1. The first-order valence-corrected chi connectivity index (χ1v) is 8.07. The van der Waals surface area contributed by atoms with Crippen LogP contribution in [0.15, 0.2) is 42.6 Å². The first kappa shape index (κ1) is 15.4. The minimum Gasteiger partial charge on any atom is -0.486 e. The van der Waals surface area contributed by atoms with Gasteiger partial charge in [0.2, 0.25) is 0 Å². The molecule has 3 aromatic rings. The Balaban J connectivity index is 1.52. The van der Waals surface area contributed by atoms with E-state index in [0.29, 0.717) is 30.2 Å². The van der Waals surface area contributed by atoms with E-state index in [4.69, 9.17) is 9.47 Å². The second kappa shape index (κ2) is 6.08. The average molecular weight is 338 g/mol. The molecule has 0 spiro atoms. The van der Waals surface area contributed by atoms with Gasteiger partial charge in [-0.3, -0.25) is 4.79 Å². The number of ether oxygens (including phenoxy) is 2. The predicted molar refractivity (Wildman–Crippen MR) is 91.0 cm³/mol. The second-order valence-corrected chi connectivity index (χ2v) is 6.07. The van der Waals surface area contributed by atoms with E-state index in [1.54, 1.807) is 34.8 Å². The fourth-order valence-corrected chi connectivity index (χ4v) is 2.93. The van der Waals surface area contributed by atoms with Crippen LogP contribution in [0.3, 0.4) is 0 Å². The van der Waals surface area contributed by atoms with E-state index < -0.39 is 0 Å². The van der Waals surface area contributed by atoms with E-state index in [0.717, 1.165) is 11.4 Å². The largest absolute Gasteiger partial charge is 0.486 e. The third kappa shape index (κ3) is 2.88. The van der Waals surface area contributed by atoms with Gasteiger partial charge >= 0.3 is 0 Å². The van der Waals surface area contributed by atoms with E-state index in [2.05, 4.69) is 10.1 Å². The number of benzene rings is 1. The van der Waals surface area contributed by atoms with Gasteiger partial charge in [0, 0.05) is 18.8 Å². The first-order valence-electron chi connectivity index (χ1n) is 8.07. The summed E-state index contributed by atoms with van der Waals surface area (Å²) in [5.41, 5.74) is 1.91. The lowest BCUT2D eigenvalue weighted by Crippen LogP contribution is -2.42. The fraction of sp³-hybridized carbons (Fsp3) is 0.278. The maximum Gasteiger partial charge on any atom is 0.272 e. The van der Waals surface area contributed by atoms with Crippen LogP contribution in [0, 0.1) is 6.92 Å². The summed E-state index contributed by atoms with van der Waals surface area (Å²) in [5, 5.41) is 4.19. The molecule has 0 unspecified atom stereocenters. The Morgan fingerprint density at radius 3 is 2.96 bits per heavy atom. The van der Waals surface area contributed by atoms with Gasteiger partial charge in [-0.05, 0) is 25.1 Å². The summed E-state index contributed by atoms with van der Waals surface area (Å²) in [5.74, 6) is 1.30. The molecule has 128 valence electrons. The van der Waals surface area contributed by atoms with Crippen molar-refractivity contribution < 1.29 is 14.3 Å². The molecule has 3 heterocycles. The minimum atomic E-state index is -0.222. The van der Waals surface area contributed by atoms with Crippen LogP contribution in [-0.2, 0) is 0 Å². The number of amides is 1. The van der Waals surface area contributed by atoms with Crippen molar-refractivity contribution in [3.05, 3.63) is 54.0 Å². The summed E-state index contributed by atoms with van der Waals surface area (Å²) >= 11 is 0. The van der Waals surface area contributed by atoms with Gasteiger partial charge in [0.05, 0.1) is 12.7 Å². The van der Waals surface area contributed by atoms with E-state index >= 15 is 0 Å². The van der Waals surface area contributed by atoms with Gasteiger partial charge in [-0.15, -0.1) is 0 Å². The minimum absolute atomic E-state index is 0.137. The number of hydrogen-bond acceptors (Lipinski definition) is 5. The van der Waals surface area contributed by atoms with E-state index in [1.165, 1.54) is 0 Å². The monoisotopic (exact) mass is 338 g/mol. The lowest BCUT2D eigenvalue weighted by atomic mass is 10.2. The van der Waals surface area contributed by atoms with Crippen LogP contribution >= 0.6 is 0 Å². The van der Waals surface area contributed by atoms with Crippen molar-refractivity contribution in [2.24, 2.45) is 0 Å². The molecular formula is C18H18N4O3. The Morgan fingerprint density at radius 1 is 1.32 bits per heavy atom. The highest BCUT2D eigenvalue weighted by Gasteiger charge is 2.25. The summed E-state index contributed by atoms with van der Waals surface area (Å²) in [6.45, 7) is 2.68. The first-order chi connectivity index (χ1) is 12.1. The molecule has 4 rings (SSSR count). The number of carbonyl (C=O) groups is 1. The standard InChI is InChI=1S/C18H18N4O3/c1-12-9-14(22-17(20-12)7-8-19-22)18(23)21(2)10-13-11-24-15-5-3-4-6-16(15)25-13/h3-9,13H,10-11H2,1-2H3/t13-/m0/s1. The summed E-state index contributed by atoms with van der Waals surface area (Å²) in [4.78, 5) is 18.9. The number of likely N-dealkylation sites (N-methyl/N-ethyl adjacent to an activating group) is 1. The van der Waals surface area contributed by atoms with Crippen LogP contribution in [0.25, 0.3) is 5.65 Å². The van der Waals surface area contributed by atoms with Crippen molar-refractivity contribution in [3.63, 3.8) is 0 Å². The number of aromatic nitrogens is 3. The molecule has 0 saturated heterocycles. The molecule has 7 nitrogen and oxygen atoms in total. The van der Waals surface area contributed by atoms with Crippen molar-refractivity contribution in [3.8, 4) is 11.5 Å². The molecule has 2 aromatic heterocycles. The maximum atomic E-state index is 12.9. The molecule has 0 bridgehead atoms. The van der Waals surface area contributed by atoms with Gasteiger partial charge in [-0.25, -0.2) is 9.50 Å². The molecule has 7 heteroatoms. The van der Waals surface area contributed by atoms with Gasteiger partial charge in [-0.2, -0.15) is 5.10 Å². The highest BCUT2D eigenvalue weighted by Crippen LogP contribution is 2.31. The smallest absolute Gasteiger partial charge is 0.272 e. The van der Waals surface area contributed by atoms with Crippen LogP contribution in [0.4, 0.5) is 0 Å². The molecule has 1 aliphatic heterocycles. The van der Waals surface area contributed by atoms with Gasteiger partial charge in [0.25, 0.3) is 5.91 Å². The number of nitrogens with zero attached hydrogens (tertiary/aromatic N) is 4. The highest BCUT2D eigenvalue weighted by atomic mass is 16.6. The number of hydrogen-bond donors (Lipinski definition) is 0. The lowest BCUT2D eigenvalue weighted by molar-refractivity contribution is 0.0515. The molecule has 1 atom stereocenters. The Bertz CT molecular complexity index is 937. The normalized spacial score (nSPS) is 16.0. The van der Waals surface area contributed by atoms with Crippen molar-refractivity contribution in [2.75, 3.05) is 20.2 Å². The molecule has 0 radical (unpaired) electrons. The Kier molecular flexibility index (Phi) is 3.76. The number of aryl methyl sites for hydroxylation is 1. The zero-order valence-electron chi connectivity index (χ0n) is 14.0. The Hall–Kier alpha value is -3.09. The molecule has 1 amide bonds. The third-order valence-corrected chi connectivity index (χ3v) is 4.10.